The molecule has 2 heterocycles. The summed E-state index contributed by atoms with van der Waals surface area (Å²) in [6.45, 7) is 0. The van der Waals surface area contributed by atoms with Gasteiger partial charge in [0, 0.05) is 12.8 Å². The van der Waals surface area contributed by atoms with Crippen LogP contribution in [-0.4, -0.2) is 16.0 Å². The molecule has 122 valence electrons. The van der Waals surface area contributed by atoms with Gasteiger partial charge in [0.1, 0.15) is 0 Å². The van der Waals surface area contributed by atoms with Gasteiger partial charge in [-0.15, -0.1) is 11.3 Å². The Labute approximate surface area is 143 Å². The number of aryl methyl sites for hydroxylation is 2. The smallest absolute Gasteiger partial charge is 0.227 e. The zero-order valence-electron chi connectivity index (χ0n) is 13.1. The number of thiophene rings is 1. The summed E-state index contributed by atoms with van der Waals surface area (Å²) >= 11 is 1.56. The first-order valence-corrected chi connectivity index (χ1v) is 8.91. The van der Waals surface area contributed by atoms with Gasteiger partial charge in [-0.3, -0.25) is 4.79 Å². The first kappa shape index (κ1) is 15.1. The minimum Gasteiger partial charge on any atom is -0.349 e. The van der Waals surface area contributed by atoms with Crippen molar-refractivity contribution in [2.75, 3.05) is 0 Å². The Hall–Kier alpha value is -2.47. The fourth-order valence-electron chi connectivity index (χ4n) is 3.06. The van der Waals surface area contributed by atoms with Gasteiger partial charge in [-0.1, -0.05) is 35.5 Å². The Kier molecular flexibility index (Phi) is 4.13. The van der Waals surface area contributed by atoms with Crippen LogP contribution >= 0.6 is 11.3 Å². The summed E-state index contributed by atoms with van der Waals surface area (Å²) in [5.74, 6) is 1.11. The summed E-state index contributed by atoms with van der Waals surface area (Å²) in [5, 5.41) is 9.05. The van der Waals surface area contributed by atoms with Crippen LogP contribution in [0.15, 0.2) is 46.3 Å². The lowest BCUT2D eigenvalue weighted by atomic mass is 10.1. The van der Waals surface area contributed by atoms with Gasteiger partial charge in [0.05, 0.1) is 10.9 Å². The number of hydrogen-bond donors (Lipinski definition) is 1. The van der Waals surface area contributed by atoms with Gasteiger partial charge < -0.3 is 9.84 Å². The van der Waals surface area contributed by atoms with E-state index in [9.17, 15) is 4.79 Å². The highest BCUT2D eigenvalue weighted by Crippen LogP contribution is 2.30. The number of nitrogens with one attached hydrogen (secondary N) is 1. The standard InChI is InChI=1S/C18H17N3O2S/c22-16(19-14-8-7-12-4-1-2-5-13(12)14)9-10-17-20-18(21-23-17)15-6-3-11-24-15/h1-6,11,14H,7-10H2,(H,19,22)/t14-/m0/s1. The number of nitrogens with zero attached hydrogens (tertiary/aromatic N) is 2. The highest BCUT2D eigenvalue weighted by atomic mass is 32.1. The molecular weight excluding hydrogens is 322 g/mol. The predicted molar refractivity (Wildman–Crippen MR) is 91.6 cm³/mol. The van der Waals surface area contributed by atoms with Gasteiger partial charge in [-0.2, -0.15) is 4.98 Å². The monoisotopic (exact) mass is 339 g/mol. The number of carbonyl (C=O) groups is 1. The van der Waals surface area contributed by atoms with Crippen LogP contribution in [0.3, 0.4) is 0 Å². The second kappa shape index (κ2) is 6.57. The Balaban J connectivity index is 1.33. The third-order valence-electron chi connectivity index (χ3n) is 4.24. The van der Waals surface area contributed by atoms with Gasteiger partial charge in [0.15, 0.2) is 0 Å². The quantitative estimate of drug-likeness (QED) is 0.772. The van der Waals surface area contributed by atoms with Crippen molar-refractivity contribution in [3.63, 3.8) is 0 Å². The molecule has 1 atom stereocenters. The van der Waals surface area contributed by atoms with E-state index >= 15 is 0 Å². The van der Waals surface area contributed by atoms with E-state index in [0.717, 1.165) is 17.7 Å². The molecule has 1 aliphatic carbocycles. The van der Waals surface area contributed by atoms with E-state index < -0.39 is 0 Å². The lowest BCUT2D eigenvalue weighted by Gasteiger charge is -2.13. The SMILES string of the molecule is O=C(CCc1nc(-c2cccs2)no1)N[C@H]1CCc2ccccc21. The van der Waals surface area contributed by atoms with Crippen molar-refractivity contribution >= 4 is 17.2 Å². The Bertz CT molecular complexity index is 842. The lowest BCUT2D eigenvalue weighted by Crippen LogP contribution is -2.27. The van der Waals surface area contributed by atoms with Crippen molar-refractivity contribution in [3.8, 4) is 10.7 Å². The maximum Gasteiger partial charge on any atom is 0.227 e. The fraction of sp³-hybridized carbons (Fsp3) is 0.278. The van der Waals surface area contributed by atoms with Crippen LogP contribution < -0.4 is 5.32 Å². The number of fused-ring (bicyclic) bond motifs is 1. The number of carbonyl (C=O) groups excluding carboxylic acids is 1. The Morgan fingerprint density at radius 3 is 3.08 bits per heavy atom. The third-order valence-corrected chi connectivity index (χ3v) is 5.11. The molecule has 0 radical (unpaired) electrons. The van der Waals surface area contributed by atoms with Crippen molar-refractivity contribution in [1.82, 2.24) is 15.5 Å². The first-order chi connectivity index (χ1) is 11.8. The van der Waals surface area contributed by atoms with E-state index in [1.165, 1.54) is 11.1 Å². The molecular formula is C18H17N3O2S. The largest absolute Gasteiger partial charge is 0.349 e. The van der Waals surface area contributed by atoms with Crippen molar-refractivity contribution in [3.05, 3.63) is 58.8 Å². The fourth-order valence-corrected chi connectivity index (χ4v) is 3.71. The van der Waals surface area contributed by atoms with Crippen LogP contribution in [-0.2, 0) is 17.6 Å². The summed E-state index contributed by atoms with van der Waals surface area (Å²) < 4.78 is 5.23. The van der Waals surface area contributed by atoms with Crippen molar-refractivity contribution in [2.24, 2.45) is 0 Å². The number of aromatic nitrogens is 2. The summed E-state index contributed by atoms with van der Waals surface area (Å²) in [4.78, 5) is 17.5. The molecule has 1 aliphatic rings. The number of rotatable bonds is 5. The van der Waals surface area contributed by atoms with Crippen LogP contribution in [0, 0.1) is 0 Å². The highest BCUT2D eigenvalue weighted by Gasteiger charge is 2.23. The van der Waals surface area contributed by atoms with Crippen LogP contribution in [0.2, 0.25) is 0 Å². The molecule has 1 aromatic carbocycles. The molecule has 6 heteroatoms. The van der Waals surface area contributed by atoms with Crippen molar-refractivity contribution < 1.29 is 9.32 Å². The van der Waals surface area contributed by atoms with Gasteiger partial charge in [-0.25, -0.2) is 0 Å². The molecule has 0 bridgehead atoms. The summed E-state index contributed by atoms with van der Waals surface area (Å²) in [7, 11) is 0. The van der Waals surface area contributed by atoms with Crippen LogP contribution in [0.25, 0.3) is 10.7 Å². The van der Waals surface area contributed by atoms with E-state index in [1.54, 1.807) is 11.3 Å². The van der Waals surface area contributed by atoms with Gasteiger partial charge in [0.25, 0.3) is 0 Å². The van der Waals surface area contributed by atoms with E-state index in [4.69, 9.17) is 4.52 Å². The maximum absolute atomic E-state index is 12.2. The summed E-state index contributed by atoms with van der Waals surface area (Å²) in [6, 6.07) is 12.3. The summed E-state index contributed by atoms with van der Waals surface area (Å²) in [6.07, 6.45) is 2.80. The van der Waals surface area contributed by atoms with E-state index in [-0.39, 0.29) is 11.9 Å². The second-order valence-electron chi connectivity index (χ2n) is 5.85. The molecule has 0 saturated heterocycles. The molecule has 0 spiro atoms. The summed E-state index contributed by atoms with van der Waals surface area (Å²) in [5.41, 5.74) is 2.57. The first-order valence-electron chi connectivity index (χ1n) is 8.03. The molecule has 3 aromatic rings. The topological polar surface area (TPSA) is 68.0 Å². The molecule has 4 rings (SSSR count). The van der Waals surface area contributed by atoms with E-state index in [1.807, 2.05) is 29.6 Å². The lowest BCUT2D eigenvalue weighted by molar-refractivity contribution is -0.121. The Morgan fingerprint density at radius 1 is 1.29 bits per heavy atom. The molecule has 1 amide bonds. The molecule has 0 unspecified atom stereocenters. The van der Waals surface area contributed by atoms with Crippen LogP contribution in [0.1, 0.15) is 35.9 Å². The zero-order valence-corrected chi connectivity index (χ0v) is 13.9. The number of amides is 1. The normalized spacial score (nSPS) is 16.1. The van der Waals surface area contributed by atoms with Crippen LogP contribution in [0.5, 0.6) is 0 Å². The molecule has 5 nitrogen and oxygen atoms in total. The molecule has 0 aliphatic heterocycles. The number of benzene rings is 1. The molecule has 2 aromatic heterocycles. The predicted octanol–water partition coefficient (Wildman–Crippen LogP) is 3.53. The molecule has 24 heavy (non-hydrogen) atoms. The minimum atomic E-state index is 0.0209. The van der Waals surface area contributed by atoms with Crippen LogP contribution in [0.4, 0.5) is 0 Å². The highest BCUT2D eigenvalue weighted by molar-refractivity contribution is 7.13. The zero-order chi connectivity index (χ0) is 16.4. The van der Waals surface area contributed by atoms with E-state index in [2.05, 4.69) is 27.6 Å². The van der Waals surface area contributed by atoms with Gasteiger partial charge in [0.2, 0.25) is 17.6 Å². The second-order valence-corrected chi connectivity index (χ2v) is 6.79. The average molecular weight is 339 g/mol. The molecule has 0 saturated carbocycles. The third kappa shape index (κ3) is 3.10. The van der Waals surface area contributed by atoms with Gasteiger partial charge >= 0.3 is 0 Å². The number of hydrogen-bond acceptors (Lipinski definition) is 5. The molecule has 1 N–H and O–H groups in total. The van der Waals surface area contributed by atoms with Gasteiger partial charge in [-0.05, 0) is 35.4 Å². The van der Waals surface area contributed by atoms with Crippen molar-refractivity contribution in [1.29, 1.82) is 0 Å². The Morgan fingerprint density at radius 2 is 2.21 bits per heavy atom. The average Bonchev–Trinajstić information content (AvgIpc) is 3.34. The minimum absolute atomic E-state index is 0.0209. The van der Waals surface area contributed by atoms with E-state index in [0.29, 0.717) is 24.6 Å². The molecule has 0 fully saturated rings. The van der Waals surface area contributed by atoms with Crippen molar-refractivity contribution in [2.45, 2.75) is 31.7 Å². The maximum atomic E-state index is 12.2.